The Bertz CT molecular complexity index is 1250. The van der Waals surface area contributed by atoms with Gasteiger partial charge in [-0.1, -0.05) is 22.0 Å². The van der Waals surface area contributed by atoms with Crippen molar-refractivity contribution >= 4 is 56.2 Å². The number of rotatable bonds is 10. The number of benzene rings is 2. The number of hydrogen-bond acceptors (Lipinski definition) is 8. The number of nitrogens with zero attached hydrogens (tertiary/aromatic N) is 2. The highest BCUT2D eigenvalue weighted by molar-refractivity contribution is 9.10. The molecule has 0 aliphatic carbocycles. The van der Waals surface area contributed by atoms with Crippen LogP contribution < -0.4 is 15.5 Å². The molecule has 0 saturated carbocycles. The maximum Gasteiger partial charge on any atom is 0.416 e. The Labute approximate surface area is 216 Å². The molecule has 3 rings (SSSR count). The van der Waals surface area contributed by atoms with E-state index in [9.17, 15) is 22.8 Å². The van der Waals surface area contributed by atoms with E-state index in [1.807, 2.05) is 0 Å². The number of aromatic nitrogens is 1. The van der Waals surface area contributed by atoms with Crippen LogP contribution >= 0.6 is 27.3 Å². The van der Waals surface area contributed by atoms with Crippen LogP contribution in [0.1, 0.15) is 23.7 Å². The lowest BCUT2D eigenvalue weighted by Crippen LogP contribution is -2.20. The second-order valence-corrected chi connectivity index (χ2v) is 8.87. The van der Waals surface area contributed by atoms with Gasteiger partial charge in [-0.3, -0.25) is 4.79 Å². The third kappa shape index (κ3) is 8.34. The van der Waals surface area contributed by atoms with Gasteiger partial charge >= 0.3 is 12.1 Å². The van der Waals surface area contributed by atoms with Gasteiger partial charge in [0.2, 0.25) is 5.91 Å². The Balaban J connectivity index is 1.56. The lowest BCUT2D eigenvalue weighted by molar-refractivity contribution is -0.145. The van der Waals surface area contributed by atoms with Crippen molar-refractivity contribution in [1.29, 1.82) is 0 Å². The SMILES string of the molecule is CCOC(=O)COc1ccc(Br)cc1/C=N\NC(=O)Cc1csc(Nc2cccc(C(F)(F)F)c2)n1. The normalized spacial score (nSPS) is 11.4. The highest BCUT2D eigenvalue weighted by Crippen LogP contribution is 2.32. The highest BCUT2D eigenvalue weighted by Gasteiger charge is 2.30. The summed E-state index contributed by atoms with van der Waals surface area (Å²) in [6.07, 6.45) is -3.18. The average Bonchev–Trinajstić information content (AvgIpc) is 3.24. The van der Waals surface area contributed by atoms with Gasteiger partial charge in [0.15, 0.2) is 11.7 Å². The van der Waals surface area contributed by atoms with E-state index in [0.717, 1.165) is 27.9 Å². The number of ether oxygens (including phenoxy) is 2. The van der Waals surface area contributed by atoms with E-state index < -0.39 is 23.6 Å². The molecule has 3 aromatic rings. The highest BCUT2D eigenvalue weighted by atomic mass is 79.9. The molecule has 0 unspecified atom stereocenters. The lowest BCUT2D eigenvalue weighted by atomic mass is 10.2. The van der Waals surface area contributed by atoms with E-state index in [-0.39, 0.29) is 25.3 Å². The minimum Gasteiger partial charge on any atom is -0.481 e. The smallest absolute Gasteiger partial charge is 0.416 e. The van der Waals surface area contributed by atoms with Crippen LogP contribution in [-0.2, 0) is 26.9 Å². The van der Waals surface area contributed by atoms with Crippen molar-refractivity contribution in [3.8, 4) is 5.75 Å². The molecule has 190 valence electrons. The van der Waals surface area contributed by atoms with Crippen LogP contribution in [0.25, 0.3) is 0 Å². The van der Waals surface area contributed by atoms with Crippen LogP contribution in [0.5, 0.6) is 5.75 Å². The Morgan fingerprint density at radius 2 is 2.03 bits per heavy atom. The minimum absolute atomic E-state index is 0.0944. The lowest BCUT2D eigenvalue weighted by Gasteiger charge is -2.09. The first-order chi connectivity index (χ1) is 17.1. The first-order valence-corrected chi connectivity index (χ1v) is 12.1. The number of hydrogen-bond donors (Lipinski definition) is 2. The molecule has 13 heteroatoms. The van der Waals surface area contributed by atoms with Crippen molar-refractivity contribution in [2.45, 2.75) is 19.5 Å². The number of alkyl halides is 3. The molecule has 0 fully saturated rings. The Morgan fingerprint density at radius 3 is 2.78 bits per heavy atom. The van der Waals surface area contributed by atoms with Gasteiger partial charge in [-0.05, 0) is 43.3 Å². The van der Waals surface area contributed by atoms with Crippen molar-refractivity contribution in [1.82, 2.24) is 10.4 Å². The van der Waals surface area contributed by atoms with Crippen molar-refractivity contribution in [2.24, 2.45) is 5.10 Å². The molecule has 1 aromatic heterocycles. The average molecular weight is 585 g/mol. The molecule has 2 N–H and O–H groups in total. The summed E-state index contributed by atoms with van der Waals surface area (Å²) < 4.78 is 49.7. The van der Waals surface area contributed by atoms with E-state index in [0.29, 0.717) is 22.1 Å². The van der Waals surface area contributed by atoms with Crippen LogP contribution in [0, 0.1) is 0 Å². The zero-order valence-corrected chi connectivity index (χ0v) is 21.2. The van der Waals surface area contributed by atoms with Gasteiger partial charge in [-0.15, -0.1) is 11.3 Å². The van der Waals surface area contributed by atoms with Gasteiger partial charge in [0, 0.05) is 21.1 Å². The van der Waals surface area contributed by atoms with E-state index in [1.165, 1.54) is 18.3 Å². The van der Waals surface area contributed by atoms with E-state index >= 15 is 0 Å². The fraction of sp³-hybridized carbons (Fsp3) is 0.217. The van der Waals surface area contributed by atoms with Gasteiger partial charge in [0.25, 0.3) is 0 Å². The molecule has 0 radical (unpaired) electrons. The van der Waals surface area contributed by atoms with Crippen molar-refractivity contribution in [3.05, 3.63) is 69.1 Å². The molecule has 8 nitrogen and oxygen atoms in total. The monoisotopic (exact) mass is 584 g/mol. The number of esters is 1. The van der Waals surface area contributed by atoms with Gasteiger partial charge in [0.05, 0.1) is 30.5 Å². The Morgan fingerprint density at radius 1 is 1.22 bits per heavy atom. The molecule has 1 heterocycles. The summed E-state index contributed by atoms with van der Waals surface area (Å²) in [5.41, 5.74) is 2.77. The number of carbonyl (C=O) groups is 2. The third-order valence-electron chi connectivity index (χ3n) is 4.35. The van der Waals surface area contributed by atoms with Gasteiger partial charge in [-0.25, -0.2) is 15.2 Å². The Kier molecular flexibility index (Phi) is 9.42. The molecule has 2 aromatic carbocycles. The van der Waals surface area contributed by atoms with Crippen molar-refractivity contribution in [3.63, 3.8) is 0 Å². The minimum atomic E-state index is -4.45. The van der Waals surface area contributed by atoms with Crippen LogP contribution in [0.15, 0.2) is 57.4 Å². The molecule has 36 heavy (non-hydrogen) atoms. The Hall–Kier alpha value is -3.45. The number of thiazole rings is 1. The molecular weight excluding hydrogens is 565 g/mol. The summed E-state index contributed by atoms with van der Waals surface area (Å²) >= 11 is 4.49. The predicted molar refractivity (Wildman–Crippen MR) is 133 cm³/mol. The van der Waals surface area contributed by atoms with Gasteiger partial charge in [0.1, 0.15) is 5.75 Å². The third-order valence-corrected chi connectivity index (χ3v) is 5.65. The zero-order valence-electron chi connectivity index (χ0n) is 18.8. The summed E-state index contributed by atoms with van der Waals surface area (Å²) in [7, 11) is 0. The van der Waals surface area contributed by atoms with E-state index in [1.54, 1.807) is 30.5 Å². The second-order valence-electron chi connectivity index (χ2n) is 7.09. The largest absolute Gasteiger partial charge is 0.481 e. The number of carbonyl (C=O) groups excluding carboxylic acids is 2. The molecule has 0 atom stereocenters. The van der Waals surface area contributed by atoms with E-state index in [2.05, 4.69) is 36.8 Å². The van der Waals surface area contributed by atoms with Crippen LogP contribution in [0.2, 0.25) is 0 Å². The van der Waals surface area contributed by atoms with Gasteiger partial charge in [-0.2, -0.15) is 18.3 Å². The van der Waals surface area contributed by atoms with E-state index in [4.69, 9.17) is 9.47 Å². The second kappa shape index (κ2) is 12.5. The fourth-order valence-electron chi connectivity index (χ4n) is 2.81. The first-order valence-electron chi connectivity index (χ1n) is 10.4. The quantitative estimate of drug-likeness (QED) is 0.190. The molecule has 0 spiro atoms. The predicted octanol–water partition coefficient (Wildman–Crippen LogP) is 5.30. The maximum atomic E-state index is 12.9. The summed E-state index contributed by atoms with van der Waals surface area (Å²) in [6, 6.07) is 9.81. The topological polar surface area (TPSA) is 102 Å². The zero-order chi connectivity index (χ0) is 26.1. The molecular formula is C23H20BrF3N4O4S. The van der Waals surface area contributed by atoms with Gasteiger partial charge < -0.3 is 14.8 Å². The standard InChI is InChI=1S/C23H20BrF3N4O4S/c1-2-34-21(33)12-35-19-7-6-16(24)8-14(19)11-28-31-20(32)10-18-13-36-22(30-18)29-17-5-3-4-15(9-17)23(25,26)27/h3-9,11,13H,2,10,12H2,1H3,(H,29,30)(H,31,32)/b28-11-. The number of nitrogens with one attached hydrogen (secondary N) is 2. The number of amides is 1. The van der Waals surface area contributed by atoms with Crippen molar-refractivity contribution in [2.75, 3.05) is 18.5 Å². The number of hydrazone groups is 1. The van der Waals surface area contributed by atoms with Crippen LogP contribution in [0.3, 0.4) is 0 Å². The van der Waals surface area contributed by atoms with Crippen LogP contribution in [0.4, 0.5) is 24.0 Å². The summed E-state index contributed by atoms with van der Waals surface area (Å²) in [5.74, 6) is -0.595. The summed E-state index contributed by atoms with van der Waals surface area (Å²) in [5, 5.41) is 8.70. The molecule has 0 aliphatic heterocycles. The first kappa shape index (κ1) is 27.1. The maximum absolute atomic E-state index is 12.9. The van der Waals surface area contributed by atoms with Crippen molar-refractivity contribution < 1.29 is 32.2 Å². The number of halogens is 4. The molecule has 0 aliphatic rings. The molecule has 1 amide bonds. The molecule has 0 saturated heterocycles. The summed E-state index contributed by atoms with van der Waals surface area (Å²) in [4.78, 5) is 28.0. The fourth-order valence-corrected chi connectivity index (χ4v) is 3.92. The summed E-state index contributed by atoms with van der Waals surface area (Å²) in [6.45, 7) is 1.66. The van der Waals surface area contributed by atoms with Crippen LogP contribution in [-0.4, -0.2) is 36.3 Å². The molecule has 0 bridgehead atoms. The number of anilines is 2.